The predicted molar refractivity (Wildman–Crippen MR) is 81.8 cm³/mol. The molecule has 3 rings (SSSR count). The molecule has 0 bridgehead atoms. The molecule has 1 aromatic rings. The summed E-state index contributed by atoms with van der Waals surface area (Å²) >= 11 is 0. The van der Waals surface area contributed by atoms with Crippen molar-refractivity contribution in [3.05, 3.63) is 22.7 Å². The van der Waals surface area contributed by atoms with E-state index in [1.54, 1.807) is 7.11 Å². The van der Waals surface area contributed by atoms with Crippen LogP contribution in [-0.4, -0.2) is 60.7 Å². The van der Waals surface area contributed by atoms with Gasteiger partial charge in [0.25, 0.3) is 5.56 Å². The van der Waals surface area contributed by atoms with Crippen molar-refractivity contribution in [1.29, 1.82) is 0 Å². The molecule has 2 fully saturated rings. The lowest BCUT2D eigenvalue weighted by atomic mass is 9.78. The zero-order valence-corrected chi connectivity index (χ0v) is 12.9. The Balaban J connectivity index is 1.74. The van der Waals surface area contributed by atoms with Gasteiger partial charge in [-0.15, -0.1) is 0 Å². The molecule has 1 atom stereocenters. The van der Waals surface area contributed by atoms with Crippen molar-refractivity contribution >= 4 is 11.7 Å². The van der Waals surface area contributed by atoms with E-state index in [4.69, 9.17) is 4.74 Å². The van der Waals surface area contributed by atoms with Gasteiger partial charge in [-0.1, -0.05) is 0 Å². The number of rotatable bonds is 4. The van der Waals surface area contributed by atoms with Gasteiger partial charge in [0.15, 0.2) is 0 Å². The van der Waals surface area contributed by atoms with Crippen molar-refractivity contribution in [2.24, 2.45) is 5.41 Å². The molecule has 2 aliphatic heterocycles. The smallest absolute Gasteiger partial charge is 0.252 e. The Morgan fingerprint density at radius 1 is 1.36 bits per heavy atom. The van der Waals surface area contributed by atoms with E-state index in [1.165, 1.54) is 12.4 Å². The average Bonchev–Trinajstić information content (AvgIpc) is 2.94. The van der Waals surface area contributed by atoms with Crippen molar-refractivity contribution in [2.45, 2.75) is 19.3 Å². The topological polar surface area (TPSA) is 78.5 Å². The highest BCUT2D eigenvalue weighted by molar-refractivity contribution is 5.85. The fraction of sp³-hybridized carbons (Fsp3) is 0.667. The molecule has 7 nitrogen and oxygen atoms in total. The van der Waals surface area contributed by atoms with Crippen LogP contribution in [0.4, 0.5) is 5.82 Å². The molecule has 3 heterocycles. The summed E-state index contributed by atoms with van der Waals surface area (Å²) in [6.45, 7) is 3.45. The molecule has 2 aliphatic rings. The third kappa shape index (κ3) is 2.72. The summed E-state index contributed by atoms with van der Waals surface area (Å²) in [5.41, 5.74) is -0.487. The maximum atomic E-state index is 12.9. The van der Waals surface area contributed by atoms with Crippen molar-refractivity contribution < 1.29 is 9.53 Å². The van der Waals surface area contributed by atoms with Crippen LogP contribution in [0.3, 0.4) is 0 Å². The first-order valence-corrected chi connectivity index (χ1v) is 7.73. The summed E-state index contributed by atoms with van der Waals surface area (Å²) < 4.78 is 5.10. The highest BCUT2D eigenvalue weighted by atomic mass is 16.5. The lowest BCUT2D eigenvalue weighted by molar-refractivity contribution is -0.145. The number of piperidine rings is 1. The zero-order valence-electron chi connectivity index (χ0n) is 12.9. The van der Waals surface area contributed by atoms with Crippen LogP contribution in [0.15, 0.2) is 17.2 Å². The molecule has 1 spiro atoms. The van der Waals surface area contributed by atoms with Gasteiger partial charge in [-0.3, -0.25) is 9.59 Å². The monoisotopic (exact) mass is 306 g/mol. The molecular weight excluding hydrogens is 284 g/mol. The van der Waals surface area contributed by atoms with Crippen LogP contribution >= 0.6 is 0 Å². The van der Waals surface area contributed by atoms with Gasteiger partial charge in [0, 0.05) is 39.4 Å². The second-order valence-corrected chi connectivity index (χ2v) is 6.11. The molecule has 1 N–H and O–H groups in total. The second kappa shape index (κ2) is 6.08. The first kappa shape index (κ1) is 15.0. The second-order valence-electron chi connectivity index (χ2n) is 6.11. The third-order valence-corrected chi connectivity index (χ3v) is 4.73. The first-order valence-electron chi connectivity index (χ1n) is 7.73. The summed E-state index contributed by atoms with van der Waals surface area (Å²) in [7, 11) is 1.65. The molecule has 0 saturated carbocycles. The van der Waals surface area contributed by atoms with E-state index in [9.17, 15) is 9.59 Å². The number of ether oxygens (including phenoxy) is 1. The van der Waals surface area contributed by atoms with Crippen LogP contribution in [0.25, 0.3) is 0 Å². The van der Waals surface area contributed by atoms with Gasteiger partial charge in [-0.25, -0.2) is 4.98 Å². The fourth-order valence-electron chi connectivity index (χ4n) is 3.54. The van der Waals surface area contributed by atoms with Crippen LogP contribution in [0.5, 0.6) is 0 Å². The number of nitrogens with one attached hydrogen (secondary N) is 1. The normalized spacial score (nSPS) is 25.2. The van der Waals surface area contributed by atoms with Gasteiger partial charge in [0.2, 0.25) is 5.91 Å². The molecule has 1 aromatic heterocycles. The van der Waals surface area contributed by atoms with Crippen molar-refractivity contribution in [3.8, 4) is 0 Å². The summed E-state index contributed by atoms with van der Waals surface area (Å²) in [4.78, 5) is 35.0. The van der Waals surface area contributed by atoms with E-state index < -0.39 is 0 Å². The number of H-pyrrole nitrogens is 1. The lowest BCUT2D eigenvalue weighted by Gasteiger charge is -2.39. The summed E-state index contributed by atoms with van der Waals surface area (Å²) in [6.07, 6.45) is 4.17. The Kier molecular flexibility index (Phi) is 4.15. The minimum absolute atomic E-state index is 0.164. The quantitative estimate of drug-likeness (QED) is 0.862. The maximum Gasteiger partial charge on any atom is 0.252 e. The van der Waals surface area contributed by atoms with Crippen molar-refractivity contribution in [2.75, 3.05) is 44.8 Å². The lowest BCUT2D eigenvalue weighted by Crippen LogP contribution is -2.51. The fourth-order valence-corrected chi connectivity index (χ4v) is 3.54. The number of aromatic amines is 1. The molecule has 1 amide bonds. The Morgan fingerprint density at radius 2 is 2.23 bits per heavy atom. The summed E-state index contributed by atoms with van der Waals surface area (Å²) in [5.74, 6) is 0.880. The number of likely N-dealkylation sites (tertiary alicyclic amines) is 1. The highest BCUT2D eigenvalue weighted by Crippen LogP contribution is 2.40. The number of amides is 1. The third-order valence-electron chi connectivity index (χ3n) is 4.73. The maximum absolute atomic E-state index is 12.9. The average molecular weight is 306 g/mol. The van der Waals surface area contributed by atoms with Crippen LogP contribution in [-0.2, 0) is 9.53 Å². The summed E-state index contributed by atoms with van der Waals surface area (Å²) in [6, 6.07) is 1.50. The van der Waals surface area contributed by atoms with Gasteiger partial charge >= 0.3 is 0 Å². The van der Waals surface area contributed by atoms with Gasteiger partial charge in [0.05, 0.1) is 18.3 Å². The molecule has 7 heteroatoms. The molecule has 120 valence electrons. The Morgan fingerprint density at radius 3 is 3.00 bits per heavy atom. The largest absolute Gasteiger partial charge is 0.383 e. The van der Waals surface area contributed by atoms with Gasteiger partial charge in [-0.05, 0) is 19.3 Å². The molecule has 0 aromatic carbocycles. The molecule has 2 saturated heterocycles. The molecule has 22 heavy (non-hydrogen) atoms. The van der Waals surface area contributed by atoms with Crippen LogP contribution in [0.1, 0.15) is 19.3 Å². The minimum Gasteiger partial charge on any atom is -0.383 e. The number of hydrogen-bond donors (Lipinski definition) is 1. The Bertz CT molecular complexity index is 602. The Labute approximate surface area is 129 Å². The number of anilines is 1. The van der Waals surface area contributed by atoms with E-state index in [2.05, 4.69) is 9.97 Å². The van der Waals surface area contributed by atoms with E-state index in [-0.39, 0.29) is 16.9 Å². The number of aromatic nitrogens is 2. The minimum atomic E-state index is -0.323. The zero-order chi connectivity index (χ0) is 15.6. The van der Waals surface area contributed by atoms with Crippen LogP contribution in [0, 0.1) is 5.41 Å². The SMILES string of the molecule is COCCN1CCC[C@]2(CCN(c3cc(=O)[nH]cn3)C2)C1=O. The molecular formula is C15H22N4O3. The van der Waals surface area contributed by atoms with Gasteiger partial charge in [-0.2, -0.15) is 0 Å². The highest BCUT2D eigenvalue weighted by Gasteiger charge is 2.48. The standard InChI is InChI=1S/C15H22N4O3/c1-22-8-7-18-5-2-3-15(14(18)21)4-6-19(10-15)12-9-13(20)17-11-16-12/h9,11H,2-8,10H2,1H3,(H,16,17,20)/t15-/m1/s1. The summed E-state index contributed by atoms with van der Waals surface area (Å²) in [5, 5.41) is 0. The number of hydrogen-bond acceptors (Lipinski definition) is 5. The van der Waals surface area contributed by atoms with Crippen LogP contribution < -0.4 is 10.5 Å². The molecule has 0 aliphatic carbocycles. The number of carbonyl (C=O) groups excluding carboxylic acids is 1. The molecule has 0 unspecified atom stereocenters. The first-order chi connectivity index (χ1) is 10.6. The van der Waals surface area contributed by atoms with E-state index >= 15 is 0 Å². The number of nitrogens with zero attached hydrogens (tertiary/aromatic N) is 3. The van der Waals surface area contributed by atoms with E-state index in [0.29, 0.717) is 25.5 Å². The van der Waals surface area contributed by atoms with Crippen LogP contribution in [0.2, 0.25) is 0 Å². The van der Waals surface area contributed by atoms with Gasteiger partial charge in [0.1, 0.15) is 5.82 Å². The van der Waals surface area contributed by atoms with Crippen molar-refractivity contribution in [1.82, 2.24) is 14.9 Å². The number of methoxy groups -OCH3 is 1. The number of carbonyl (C=O) groups is 1. The predicted octanol–water partition coefficient (Wildman–Crippen LogP) is 0.235. The van der Waals surface area contributed by atoms with Crippen molar-refractivity contribution in [3.63, 3.8) is 0 Å². The van der Waals surface area contributed by atoms with Gasteiger partial charge < -0.3 is 19.5 Å². The molecule has 0 radical (unpaired) electrons. The van der Waals surface area contributed by atoms with E-state index in [0.717, 1.165) is 32.4 Å². The van der Waals surface area contributed by atoms with E-state index in [1.807, 2.05) is 9.80 Å². The Hall–Kier alpha value is -1.89.